The van der Waals surface area contributed by atoms with Gasteiger partial charge in [0, 0.05) is 26.1 Å². The van der Waals surface area contributed by atoms with E-state index in [1.807, 2.05) is 23.1 Å². The molecular weight excluding hydrogens is 326 g/mol. The highest BCUT2D eigenvalue weighted by atomic mass is 16.2. The van der Waals surface area contributed by atoms with E-state index in [4.69, 9.17) is 0 Å². The van der Waals surface area contributed by atoms with Crippen LogP contribution in [0.4, 0.5) is 0 Å². The average Bonchev–Trinajstić information content (AvgIpc) is 3.22. The number of benzene rings is 1. The topological polar surface area (TPSA) is 61.4 Å². The van der Waals surface area contributed by atoms with Gasteiger partial charge < -0.3 is 15.5 Å². The molecule has 0 spiro atoms. The van der Waals surface area contributed by atoms with Crippen LogP contribution in [-0.4, -0.2) is 48.9 Å². The Labute approximate surface area is 156 Å². The Kier molecular flexibility index (Phi) is 6.67. The van der Waals surface area contributed by atoms with Crippen LogP contribution in [0.2, 0.25) is 0 Å². The molecule has 2 fully saturated rings. The lowest BCUT2D eigenvalue weighted by Gasteiger charge is -2.33. The summed E-state index contributed by atoms with van der Waals surface area (Å²) in [6.45, 7) is 5.33. The lowest BCUT2D eigenvalue weighted by Crippen LogP contribution is -2.46. The average molecular weight is 357 g/mol. The van der Waals surface area contributed by atoms with Crippen molar-refractivity contribution in [3.63, 3.8) is 0 Å². The van der Waals surface area contributed by atoms with Crippen molar-refractivity contribution in [1.82, 2.24) is 15.5 Å². The Morgan fingerprint density at radius 2 is 2.04 bits per heavy atom. The molecule has 142 valence electrons. The van der Waals surface area contributed by atoms with Crippen LogP contribution < -0.4 is 10.6 Å². The van der Waals surface area contributed by atoms with Crippen LogP contribution in [0.15, 0.2) is 30.3 Å². The summed E-state index contributed by atoms with van der Waals surface area (Å²) in [5.74, 6) is 0.945. The van der Waals surface area contributed by atoms with Crippen molar-refractivity contribution >= 4 is 11.8 Å². The van der Waals surface area contributed by atoms with Crippen LogP contribution in [0, 0.1) is 5.92 Å². The Morgan fingerprint density at radius 1 is 1.23 bits per heavy atom. The first-order valence-electron chi connectivity index (χ1n) is 9.97. The van der Waals surface area contributed by atoms with E-state index in [1.165, 1.54) is 5.56 Å². The van der Waals surface area contributed by atoms with Crippen molar-refractivity contribution in [3.05, 3.63) is 35.9 Å². The molecule has 2 saturated heterocycles. The van der Waals surface area contributed by atoms with Gasteiger partial charge in [-0.2, -0.15) is 0 Å². The van der Waals surface area contributed by atoms with E-state index in [-0.39, 0.29) is 23.8 Å². The summed E-state index contributed by atoms with van der Waals surface area (Å²) in [5.41, 5.74) is 1.21. The minimum Gasteiger partial charge on any atom is -0.354 e. The number of piperidine rings is 1. The normalized spacial score (nSPS) is 24.3. The molecule has 2 N–H and O–H groups in total. The van der Waals surface area contributed by atoms with Crippen molar-refractivity contribution in [2.24, 2.45) is 5.92 Å². The lowest BCUT2D eigenvalue weighted by molar-refractivity contribution is -0.133. The van der Waals surface area contributed by atoms with E-state index in [0.29, 0.717) is 18.9 Å². The highest BCUT2D eigenvalue weighted by Gasteiger charge is 2.27. The van der Waals surface area contributed by atoms with Gasteiger partial charge in [0.05, 0.1) is 6.04 Å². The van der Waals surface area contributed by atoms with E-state index < -0.39 is 0 Å². The van der Waals surface area contributed by atoms with Crippen LogP contribution in [-0.2, 0) is 9.59 Å². The van der Waals surface area contributed by atoms with Gasteiger partial charge in [0.15, 0.2) is 0 Å². The number of hydrogen-bond donors (Lipinski definition) is 2. The smallest absolute Gasteiger partial charge is 0.237 e. The first-order chi connectivity index (χ1) is 12.6. The van der Waals surface area contributed by atoms with E-state index in [0.717, 1.165) is 45.3 Å². The molecule has 2 aliphatic rings. The Bertz CT molecular complexity index is 599. The van der Waals surface area contributed by atoms with Crippen LogP contribution in [0.3, 0.4) is 0 Å². The minimum absolute atomic E-state index is 0.0250. The molecule has 2 amide bonds. The van der Waals surface area contributed by atoms with E-state index in [9.17, 15) is 9.59 Å². The molecule has 3 rings (SSSR count). The maximum atomic E-state index is 12.7. The number of carbonyl (C=O) groups excluding carboxylic acids is 2. The van der Waals surface area contributed by atoms with Gasteiger partial charge in [-0.3, -0.25) is 9.59 Å². The number of carbonyl (C=O) groups is 2. The molecule has 0 aromatic heterocycles. The SMILES string of the molecule is CC(CC(=O)N1CCCC(CNC(=O)C2CCCN2)C1)c1ccccc1. The summed E-state index contributed by atoms with van der Waals surface area (Å²) < 4.78 is 0. The number of nitrogens with one attached hydrogen (secondary N) is 2. The van der Waals surface area contributed by atoms with Crippen molar-refractivity contribution in [1.29, 1.82) is 0 Å². The molecular formula is C21H31N3O2. The molecule has 1 aromatic rings. The van der Waals surface area contributed by atoms with Crippen LogP contribution in [0.5, 0.6) is 0 Å². The molecule has 3 unspecified atom stereocenters. The standard InChI is InChI=1S/C21H31N3O2/c1-16(18-8-3-2-4-9-18)13-20(25)24-12-6-7-17(15-24)14-23-21(26)19-10-5-11-22-19/h2-4,8-9,16-17,19,22H,5-7,10-15H2,1H3,(H,23,26). The zero-order chi connectivity index (χ0) is 18.4. The fraction of sp³-hybridized carbons (Fsp3) is 0.619. The molecule has 0 bridgehead atoms. The molecule has 0 saturated carbocycles. The fourth-order valence-corrected chi connectivity index (χ4v) is 4.03. The Hall–Kier alpha value is -1.88. The number of amides is 2. The number of rotatable bonds is 6. The molecule has 2 aliphatic heterocycles. The molecule has 26 heavy (non-hydrogen) atoms. The van der Waals surface area contributed by atoms with Crippen molar-refractivity contribution in [3.8, 4) is 0 Å². The highest BCUT2D eigenvalue weighted by Crippen LogP contribution is 2.22. The molecule has 5 nitrogen and oxygen atoms in total. The third-order valence-corrected chi connectivity index (χ3v) is 5.66. The predicted molar refractivity (Wildman–Crippen MR) is 103 cm³/mol. The van der Waals surface area contributed by atoms with Gasteiger partial charge in [0.1, 0.15) is 0 Å². The van der Waals surface area contributed by atoms with Gasteiger partial charge in [0.2, 0.25) is 11.8 Å². The van der Waals surface area contributed by atoms with Gasteiger partial charge >= 0.3 is 0 Å². The molecule has 0 aliphatic carbocycles. The maximum absolute atomic E-state index is 12.7. The first-order valence-corrected chi connectivity index (χ1v) is 9.97. The third-order valence-electron chi connectivity index (χ3n) is 5.66. The van der Waals surface area contributed by atoms with Crippen molar-refractivity contribution in [2.45, 2.75) is 51.0 Å². The number of nitrogens with zero attached hydrogens (tertiary/aromatic N) is 1. The van der Waals surface area contributed by atoms with E-state index in [1.54, 1.807) is 0 Å². The largest absolute Gasteiger partial charge is 0.354 e. The van der Waals surface area contributed by atoms with Crippen molar-refractivity contribution in [2.75, 3.05) is 26.2 Å². The fourth-order valence-electron chi connectivity index (χ4n) is 4.03. The molecule has 0 radical (unpaired) electrons. The monoisotopic (exact) mass is 357 g/mol. The minimum atomic E-state index is -0.0250. The number of likely N-dealkylation sites (tertiary alicyclic amines) is 1. The summed E-state index contributed by atoms with van der Waals surface area (Å²) in [7, 11) is 0. The first kappa shape index (κ1) is 18.9. The quantitative estimate of drug-likeness (QED) is 0.821. The van der Waals surface area contributed by atoms with Gasteiger partial charge in [-0.25, -0.2) is 0 Å². The van der Waals surface area contributed by atoms with Crippen LogP contribution in [0.25, 0.3) is 0 Å². The van der Waals surface area contributed by atoms with Gasteiger partial charge in [-0.05, 0) is 49.6 Å². The Balaban J connectivity index is 1.45. The molecule has 1 aromatic carbocycles. The lowest BCUT2D eigenvalue weighted by atomic mass is 9.94. The zero-order valence-electron chi connectivity index (χ0n) is 15.7. The summed E-state index contributed by atoms with van der Waals surface area (Å²) in [6, 6.07) is 10.2. The summed E-state index contributed by atoms with van der Waals surface area (Å²) in [4.78, 5) is 26.8. The van der Waals surface area contributed by atoms with E-state index in [2.05, 4.69) is 29.7 Å². The summed E-state index contributed by atoms with van der Waals surface area (Å²) in [6.07, 6.45) is 4.65. The second kappa shape index (κ2) is 9.17. The second-order valence-corrected chi connectivity index (χ2v) is 7.76. The van der Waals surface area contributed by atoms with Gasteiger partial charge in [0.25, 0.3) is 0 Å². The van der Waals surface area contributed by atoms with E-state index >= 15 is 0 Å². The Morgan fingerprint density at radius 3 is 2.77 bits per heavy atom. The summed E-state index contributed by atoms with van der Waals surface area (Å²) >= 11 is 0. The van der Waals surface area contributed by atoms with Crippen molar-refractivity contribution < 1.29 is 9.59 Å². The molecule has 2 heterocycles. The maximum Gasteiger partial charge on any atom is 0.237 e. The zero-order valence-corrected chi connectivity index (χ0v) is 15.7. The molecule has 5 heteroatoms. The van der Waals surface area contributed by atoms with Gasteiger partial charge in [-0.1, -0.05) is 37.3 Å². The third kappa shape index (κ3) is 5.07. The van der Waals surface area contributed by atoms with Gasteiger partial charge in [-0.15, -0.1) is 0 Å². The second-order valence-electron chi connectivity index (χ2n) is 7.76. The van der Waals surface area contributed by atoms with Crippen LogP contribution in [0.1, 0.15) is 50.5 Å². The summed E-state index contributed by atoms with van der Waals surface area (Å²) in [5, 5.41) is 6.31. The molecule has 3 atom stereocenters. The predicted octanol–water partition coefficient (Wildman–Crippen LogP) is 2.29. The highest BCUT2D eigenvalue weighted by molar-refractivity contribution is 5.82. The van der Waals surface area contributed by atoms with Crippen LogP contribution >= 0.6 is 0 Å². The number of hydrogen-bond acceptors (Lipinski definition) is 3.